The van der Waals surface area contributed by atoms with Crippen LogP contribution in [-0.2, 0) is 4.79 Å². The summed E-state index contributed by atoms with van der Waals surface area (Å²) in [4.78, 5) is 12.0. The molecule has 0 fully saturated rings. The third-order valence-electron chi connectivity index (χ3n) is 2.84. The number of benzene rings is 1. The Morgan fingerprint density at radius 2 is 1.86 bits per heavy atom. The van der Waals surface area contributed by atoms with Crippen LogP contribution >= 0.6 is 0 Å². The first-order chi connectivity index (χ1) is 9.64. The molecule has 5 nitrogen and oxygen atoms in total. The van der Waals surface area contributed by atoms with Gasteiger partial charge in [0.15, 0.2) is 17.6 Å². The highest BCUT2D eigenvalue weighted by molar-refractivity contribution is 5.81. The van der Waals surface area contributed by atoms with E-state index in [9.17, 15) is 9.90 Å². The van der Waals surface area contributed by atoms with E-state index >= 15 is 0 Å². The Kier molecular flexibility index (Phi) is 5.61. The lowest BCUT2D eigenvalue weighted by molar-refractivity contribution is -0.128. The smallest absolute Gasteiger partial charge is 0.261 e. The van der Waals surface area contributed by atoms with E-state index in [4.69, 9.17) is 9.47 Å². The van der Waals surface area contributed by atoms with Crippen molar-refractivity contribution in [2.75, 3.05) is 7.11 Å². The van der Waals surface area contributed by atoms with E-state index in [0.717, 1.165) is 5.56 Å². The maximum Gasteiger partial charge on any atom is 0.261 e. The minimum absolute atomic E-state index is 0.191. The van der Waals surface area contributed by atoms with Gasteiger partial charge in [-0.15, -0.1) is 0 Å². The van der Waals surface area contributed by atoms with Crippen LogP contribution in [0.5, 0.6) is 11.5 Å². The van der Waals surface area contributed by atoms with Gasteiger partial charge in [-0.1, -0.05) is 6.07 Å². The Morgan fingerprint density at radius 1 is 1.24 bits per heavy atom. The second-order valence-corrected chi connectivity index (χ2v) is 6.09. The summed E-state index contributed by atoms with van der Waals surface area (Å²) < 4.78 is 10.9. The zero-order valence-corrected chi connectivity index (χ0v) is 13.6. The minimum Gasteiger partial charge on any atom is -0.493 e. The Labute approximate surface area is 126 Å². The molecule has 118 valence electrons. The van der Waals surface area contributed by atoms with E-state index < -0.39 is 12.2 Å². The molecule has 5 heteroatoms. The molecule has 2 atom stereocenters. The first kappa shape index (κ1) is 17.3. The van der Waals surface area contributed by atoms with Crippen molar-refractivity contribution >= 4 is 5.91 Å². The molecule has 0 heterocycles. The number of rotatable bonds is 5. The van der Waals surface area contributed by atoms with Gasteiger partial charge < -0.3 is 19.9 Å². The van der Waals surface area contributed by atoms with Gasteiger partial charge in [-0.05, 0) is 52.3 Å². The predicted octanol–water partition coefficient (Wildman–Crippen LogP) is 2.43. The molecule has 0 aliphatic heterocycles. The Morgan fingerprint density at radius 3 is 2.33 bits per heavy atom. The summed E-state index contributed by atoms with van der Waals surface area (Å²) in [5.41, 5.74) is 0.417. The van der Waals surface area contributed by atoms with E-state index in [2.05, 4.69) is 5.32 Å². The maximum atomic E-state index is 12.0. The summed E-state index contributed by atoms with van der Waals surface area (Å²) in [6.07, 6.45) is -1.23. The van der Waals surface area contributed by atoms with Crippen molar-refractivity contribution in [2.45, 2.75) is 52.4 Å². The summed E-state index contributed by atoms with van der Waals surface area (Å²) in [6.45, 7) is 9.10. The van der Waals surface area contributed by atoms with Crippen LogP contribution in [0.4, 0.5) is 0 Å². The number of carbonyl (C=O) groups excluding carboxylic acids is 1. The number of hydrogen-bond acceptors (Lipinski definition) is 4. The molecule has 0 aliphatic carbocycles. The molecule has 1 unspecified atom stereocenters. The predicted molar refractivity (Wildman–Crippen MR) is 81.6 cm³/mol. The number of amides is 1. The van der Waals surface area contributed by atoms with Gasteiger partial charge in [0.1, 0.15) is 0 Å². The van der Waals surface area contributed by atoms with Gasteiger partial charge in [-0.2, -0.15) is 0 Å². The zero-order valence-electron chi connectivity index (χ0n) is 13.6. The lowest BCUT2D eigenvalue weighted by atomic mass is 10.1. The fourth-order valence-electron chi connectivity index (χ4n) is 1.76. The quantitative estimate of drug-likeness (QED) is 0.875. The molecule has 1 aromatic carbocycles. The highest BCUT2D eigenvalue weighted by atomic mass is 16.5. The van der Waals surface area contributed by atoms with E-state index in [-0.39, 0.29) is 11.4 Å². The van der Waals surface area contributed by atoms with Crippen LogP contribution < -0.4 is 14.8 Å². The first-order valence-corrected chi connectivity index (χ1v) is 6.98. The Bertz CT molecular complexity index is 492. The molecule has 0 saturated heterocycles. The number of methoxy groups -OCH3 is 1. The summed E-state index contributed by atoms with van der Waals surface area (Å²) in [7, 11) is 1.52. The number of ether oxygens (including phenoxy) is 2. The lowest BCUT2D eigenvalue weighted by Crippen LogP contribution is -2.46. The normalized spacial score (nSPS) is 14.2. The third kappa shape index (κ3) is 5.27. The van der Waals surface area contributed by atoms with Gasteiger partial charge in [-0.25, -0.2) is 0 Å². The Balaban J connectivity index is 2.85. The van der Waals surface area contributed by atoms with E-state index in [1.807, 2.05) is 20.8 Å². The maximum absolute atomic E-state index is 12.0. The van der Waals surface area contributed by atoms with Gasteiger partial charge in [0.05, 0.1) is 13.2 Å². The summed E-state index contributed by atoms with van der Waals surface area (Å²) >= 11 is 0. The summed E-state index contributed by atoms with van der Waals surface area (Å²) in [6, 6.07) is 5.15. The largest absolute Gasteiger partial charge is 0.493 e. The molecule has 0 bridgehead atoms. The van der Waals surface area contributed by atoms with Crippen LogP contribution in [0.2, 0.25) is 0 Å². The summed E-state index contributed by atoms with van der Waals surface area (Å²) in [5.74, 6) is 0.770. The molecular formula is C16H25NO4. The molecule has 0 aliphatic rings. The molecule has 2 N–H and O–H groups in total. The van der Waals surface area contributed by atoms with Gasteiger partial charge in [-0.3, -0.25) is 4.79 Å². The standard InChI is InChI=1S/C16H25NO4/c1-10(18)12-7-8-13(14(9-12)20-6)21-11(2)15(19)17-16(3,4)5/h7-11,18H,1-6H3,(H,17,19)/t10-,11?/m1/s1. The first-order valence-electron chi connectivity index (χ1n) is 6.98. The number of carbonyl (C=O) groups is 1. The second kappa shape index (κ2) is 6.80. The molecule has 0 radical (unpaired) electrons. The highest BCUT2D eigenvalue weighted by Crippen LogP contribution is 2.31. The lowest BCUT2D eigenvalue weighted by Gasteiger charge is -2.24. The van der Waals surface area contributed by atoms with Gasteiger partial charge in [0.25, 0.3) is 5.91 Å². The second-order valence-electron chi connectivity index (χ2n) is 6.09. The van der Waals surface area contributed by atoms with Crippen LogP contribution in [0.15, 0.2) is 18.2 Å². The van der Waals surface area contributed by atoms with E-state index in [1.54, 1.807) is 32.0 Å². The van der Waals surface area contributed by atoms with Crippen LogP contribution in [0.25, 0.3) is 0 Å². The van der Waals surface area contributed by atoms with Gasteiger partial charge in [0.2, 0.25) is 0 Å². The third-order valence-corrected chi connectivity index (χ3v) is 2.84. The van der Waals surface area contributed by atoms with Crippen LogP contribution in [0.1, 0.15) is 46.3 Å². The highest BCUT2D eigenvalue weighted by Gasteiger charge is 2.21. The molecule has 0 saturated carbocycles. The minimum atomic E-state index is -0.643. The molecular weight excluding hydrogens is 270 g/mol. The van der Waals surface area contributed by atoms with Crippen molar-refractivity contribution in [3.63, 3.8) is 0 Å². The number of hydrogen-bond donors (Lipinski definition) is 2. The number of aliphatic hydroxyl groups excluding tert-OH is 1. The summed E-state index contributed by atoms with van der Waals surface area (Å²) in [5, 5.41) is 12.4. The van der Waals surface area contributed by atoms with Crippen molar-refractivity contribution in [1.29, 1.82) is 0 Å². The van der Waals surface area contributed by atoms with Crippen LogP contribution in [0.3, 0.4) is 0 Å². The Hall–Kier alpha value is -1.75. The fraction of sp³-hybridized carbons (Fsp3) is 0.562. The average molecular weight is 295 g/mol. The fourth-order valence-corrected chi connectivity index (χ4v) is 1.76. The van der Waals surface area contributed by atoms with E-state index in [1.165, 1.54) is 7.11 Å². The molecule has 21 heavy (non-hydrogen) atoms. The van der Waals surface area contributed by atoms with Gasteiger partial charge in [0, 0.05) is 5.54 Å². The molecule has 1 aromatic rings. The van der Waals surface area contributed by atoms with Crippen molar-refractivity contribution in [3.05, 3.63) is 23.8 Å². The number of aliphatic hydroxyl groups is 1. The molecule has 0 aromatic heterocycles. The average Bonchev–Trinajstić information content (AvgIpc) is 2.36. The van der Waals surface area contributed by atoms with Crippen molar-refractivity contribution in [2.24, 2.45) is 0 Å². The van der Waals surface area contributed by atoms with E-state index in [0.29, 0.717) is 11.5 Å². The van der Waals surface area contributed by atoms with Gasteiger partial charge >= 0.3 is 0 Å². The number of nitrogens with one attached hydrogen (secondary N) is 1. The van der Waals surface area contributed by atoms with Crippen molar-refractivity contribution in [1.82, 2.24) is 5.32 Å². The zero-order chi connectivity index (χ0) is 16.2. The van der Waals surface area contributed by atoms with Crippen LogP contribution in [-0.4, -0.2) is 29.8 Å². The van der Waals surface area contributed by atoms with Crippen LogP contribution in [0, 0.1) is 0 Å². The SMILES string of the molecule is COc1cc([C@@H](C)O)ccc1OC(C)C(=O)NC(C)(C)C. The molecule has 0 spiro atoms. The topological polar surface area (TPSA) is 67.8 Å². The monoisotopic (exact) mass is 295 g/mol. The molecule has 1 amide bonds. The van der Waals surface area contributed by atoms with Crippen molar-refractivity contribution in [3.8, 4) is 11.5 Å². The molecule has 1 rings (SSSR count). The van der Waals surface area contributed by atoms with Crippen molar-refractivity contribution < 1.29 is 19.4 Å².